The van der Waals surface area contributed by atoms with Crippen LogP contribution in [0.1, 0.15) is 179 Å². The van der Waals surface area contributed by atoms with Gasteiger partial charge in [-0.25, -0.2) is 9.59 Å². The van der Waals surface area contributed by atoms with Gasteiger partial charge in [0.25, 0.3) is 5.91 Å². The highest BCUT2D eigenvalue weighted by Crippen LogP contribution is 2.59. The molecule has 0 fully saturated rings. The smallest absolute Gasteiger partial charge is 0.340 e. The van der Waals surface area contributed by atoms with Crippen LogP contribution in [0.2, 0.25) is 0 Å². The summed E-state index contributed by atoms with van der Waals surface area (Å²) < 4.78 is 56.1. The van der Waals surface area contributed by atoms with Crippen LogP contribution in [0.25, 0.3) is 0 Å². The number of benzene rings is 6. The van der Waals surface area contributed by atoms with Crippen LogP contribution in [-0.2, 0) is 97.0 Å². The largest absolute Gasteiger partial charge is 0.508 e. The average Bonchev–Trinajstić information content (AvgIpc) is 1.41. The van der Waals surface area contributed by atoms with Crippen molar-refractivity contribution in [1.29, 1.82) is 0 Å². The van der Waals surface area contributed by atoms with Crippen LogP contribution in [0.5, 0.6) is 46.0 Å². The van der Waals surface area contributed by atoms with Gasteiger partial charge in [0.2, 0.25) is 29.5 Å². The van der Waals surface area contributed by atoms with Crippen molar-refractivity contribution >= 4 is 76.5 Å². The molecule has 4 heterocycles. The van der Waals surface area contributed by atoms with Crippen molar-refractivity contribution in [3.8, 4) is 46.0 Å². The fourth-order valence-electron chi connectivity index (χ4n) is 14.6. The van der Waals surface area contributed by atoms with E-state index in [9.17, 15) is 78.0 Å². The van der Waals surface area contributed by atoms with Crippen LogP contribution in [0.4, 0.5) is 0 Å². The summed E-state index contributed by atoms with van der Waals surface area (Å²) >= 11 is 0. The van der Waals surface area contributed by atoms with Crippen LogP contribution in [0.3, 0.4) is 0 Å². The number of fused-ring (bicyclic) bond motifs is 12. The SMILES string of the molecule is C=C(N)NCCC[C@H](CC(=O)CNC(=O)[C@@H](C)CCC(=O)NCCCOCCOCCOCCCNC(C)=O)C(C)=O.CC(=O)NCCCOCCOCCOCCCNC(=O)CC[C@H]([NH3+])C(=O)NCC(=O)C[C@@H](CCC[NH+]=C(N)N)C(C)=O.O=C1OC2(c3ccc(O)cc3Oc3cc(O)ccc32)c2ccccc21.O=C1OC2(c3ccc(O)cc3Oc3cc(O)ccc32)c2ccccc21. The molecule has 728 valence electrons. The number of esters is 2. The molecule has 0 bridgehead atoms. The maximum atomic E-state index is 12.5. The number of nitrogens with two attached hydrogens (primary N) is 3. The second kappa shape index (κ2) is 56.7. The monoisotopic (exact) mass is 1870 g/mol. The molecular weight excluding hydrogens is 1740 g/mol. The van der Waals surface area contributed by atoms with Crippen molar-refractivity contribution < 1.29 is 136 Å². The molecule has 4 atom stereocenters. The minimum Gasteiger partial charge on any atom is -0.508 e. The van der Waals surface area contributed by atoms with Crippen molar-refractivity contribution in [1.82, 2.24) is 37.2 Å². The van der Waals surface area contributed by atoms with E-state index < -0.39 is 52.8 Å². The highest BCUT2D eigenvalue weighted by Gasteiger charge is 2.55. The molecule has 6 aromatic carbocycles. The summed E-state index contributed by atoms with van der Waals surface area (Å²) in [5.41, 5.74) is 22.5. The van der Waals surface area contributed by atoms with Crippen molar-refractivity contribution in [2.45, 2.75) is 142 Å². The van der Waals surface area contributed by atoms with Crippen molar-refractivity contribution in [2.75, 3.05) is 132 Å². The number of rotatable bonds is 55. The number of Topliss-reactive ketones (excluding diaryl/α,β-unsaturated/α-hetero) is 4. The Kier molecular flexibility index (Phi) is 45.7. The average molecular weight is 1870 g/mol. The molecule has 6 aromatic rings. The van der Waals surface area contributed by atoms with Gasteiger partial charge in [-0.1, -0.05) is 49.9 Å². The fourth-order valence-corrected chi connectivity index (χ4v) is 14.6. The maximum absolute atomic E-state index is 12.5. The van der Waals surface area contributed by atoms with Gasteiger partial charge in [-0.05, 0) is 132 Å². The van der Waals surface area contributed by atoms with Gasteiger partial charge in [-0.3, -0.25) is 64.4 Å². The number of guanidine groups is 1. The van der Waals surface area contributed by atoms with Crippen molar-refractivity contribution in [3.63, 3.8) is 0 Å². The van der Waals surface area contributed by atoms with Crippen LogP contribution in [0.15, 0.2) is 134 Å². The normalized spacial score (nSPS) is 13.5. The summed E-state index contributed by atoms with van der Waals surface area (Å²) in [6, 6.07) is 32.5. The summed E-state index contributed by atoms with van der Waals surface area (Å²) in [5.74, 6) is -1.76. The van der Waals surface area contributed by atoms with Gasteiger partial charge in [-0.2, -0.15) is 0 Å². The Morgan fingerprint density at radius 3 is 1.11 bits per heavy atom. The summed E-state index contributed by atoms with van der Waals surface area (Å²) in [5, 5.41) is 58.4. The summed E-state index contributed by atoms with van der Waals surface area (Å²) in [6.45, 7) is 19.7. The highest BCUT2D eigenvalue weighted by atomic mass is 16.6. The number of carbonyl (C=O) groups is 12. The van der Waals surface area contributed by atoms with Crippen molar-refractivity contribution in [3.05, 3.63) is 178 Å². The molecule has 38 nitrogen and oxygen atoms in total. The zero-order valence-electron chi connectivity index (χ0n) is 76.8. The number of hydrogen-bond acceptors (Lipinski definition) is 28. The first-order valence-corrected chi connectivity index (χ1v) is 44.8. The number of carbonyl (C=O) groups excluding carboxylic acids is 12. The molecule has 2 spiro atoms. The van der Waals surface area contributed by atoms with E-state index in [2.05, 4.69) is 54.5 Å². The summed E-state index contributed by atoms with van der Waals surface area (Å²) in [7, 11) is 0. The molecule has 4 aliphatic heterocycles. The molecule has 0 saturated heterocycles. The number of phenolic OH excluding ortho intramolecular Hbond substituents is 4. The van der Waals surface area contributed by atoms with Gasteiger partial charge in [0.15, 0.2) is 28.8 Å². The van der Waals surface area contributed by atoms with E-state index >= 15 is 0 Å². The third-order valence-corrected chi connectivity index (χ3v) is 21.6. The number of phenols is 4. The predicted octanol–water partition coefficient (Wildman–Crippen LogP) is 3.77. The zero-order chi connectivity index (χ0) is 97.5. The molecule has 21 N–H and O–H groups in total. The molecule has 4 aliphatic rings. The number of ether oxygens (including phenoxy) is 10. The van der Waals surface area contributed by atoms with Gasteiger partial charge in [0, 0.05) is 181 Å². The van der Waals surface area contributed by atoms with Gasteiger partial charge in [0.1, 0.15) is 57.6 Å². The lowest BCUT2D eigenvalue weighted by Crippen LogP contribution is -2.78. The topological polar surface area (TPSA) is 582 Å². The first-order valence-electron chi connectivity index (χ1n) is 44.8. The molecule has 0 saturated carbocycles. The maximum Gasteiger partial charge on any atom is 0.340 e. The van der Waals surface area contributed by atoms with E-state index in [1.165, 1.54) is 76.2 Å². The molecule has 0 aromatic heterocycles. The van der Waals surface area contributed by atoms with Gasteiger partial charge in [-0.15, -0.1) is 0 Å². The van der Waals surface area contributed by atoms with Gasteiger partial charge >= 0.3 is 17.9 Å². The lowest BCUT2D eigenvalue weighted by atomic mass is 9.77. The standard InChI is InChI=1S/C29H53N5O8.C27H51N7O8.2C20H12O5/c1-22(29(39)34-21-27(37)20-26(23(2)35)8-5-11-31-24(3)30)9-10-28(38)33-13-7-15-41-17-19-42-18-16-40-14-6-12-32-25(4)36;1-20(35)22(6-3-9-33-27(29)30)18-23(37)19-34-26(39)24(28)7-8-25(38)32-11-5-13-41-15-17-42-16-14-40-12-4-10-31-21(2)36;2*21-11-5-7-15-17(9-11)24-18-10-12(22)6-8-16(18)20(15)14-4-2-1-3-13(14)19(23)25-20/h22,26,31H,3,5-21,30H2,1-2,4H3,(H,32,36)(H,33,38)(H,34,39);22,24H,3-19,28H2,1-2H3,(H,31,36)(H,32,38)(H,34,39)(H4,29,30,33);2*1-10,21-22H/p+2/t22-,26+;22-,24+;;/m01../s1. The van der Waals surface area contributed by atoms with Crippen LogP contribution >= 0.6 is 0 Å². The Labute approximate surface area is 778 Å². The molecular formula is C96H130N12O26+2. The summed E-state index contributed by atoms with van der Waals surface area (Å²) in [4.78, 5) is 146. The number of hydrogen-bond donors (Lipinski definition) is 16. The minimum absolute atomic E-state index is 0.0371. The quantitative estimate of drug-likeness (QED) is 0.0112. The lowest BCUT2D eigenvalue weighted by Gasteiger charge is -2.36. The zero-order valence-corrected chi connectivity index (χ0v) is 76.8. The van der Waals surface area contributed by atoms with Crippen molar-refractivity contribution in [2.24, 2.45) is 35.0 Å². The summed E-state index contributed by atoms with van der Waals surface area (Å²) in [6.07, 6.45) is 6.17. The van der Waals surface area contributed by atoms with E-state index in [-0.39, 0.29) is 127 Å². The third-order valence-electron chi connectivity index (χ3n) is 21.6. The highest BCUT2D eigenvalue weighted by molar-refractivity contribution is 5.98. The molecule has 10 rings (SSSR count). The molecule has 0 aliphatic carbocycles. The van der Waals surface area contributed by atoms with Crippen LogP contribution in [0, 0.1) is 17.8 Å². The van der Waals surface area contributed by atoms with E-state index in [1.54, 1.807) is 55.5 Å². The second-order valence-electron chi connectivity index (χ2n) is 32.2. The lowest BCUT2D eigenvalue weighted by molar-refractivity contribution is -0.459. The molecule has 0 unspecified atom stereocenters. The Morgan fingerprint density at radius 1 is 0.418 bits per heavy atom. The van der Waals surface area contributed by atoms with E-state index in [1.807, 2.05) is 24.3 Å². The Balaban J connectivity index is 0.000000249. The van der Waals surface area contributed by atoms with E-state index in [0.29, 0.717) is 237 Å². The van der Waals surface area contributed by atoms with Crippen LogP contribution < -0.4 is 74.6 Å². The Hall–Kier alpha value is -13.1. The second-order valence-corrected chi connectivity index (χ2v) is 32.2. The number of amides is 6. The molecule has 134 heavy (non-hydrogen) atoms. The Morgan fingerprint density at radius 2 is 0.754 bits per heavy atom. The van der Waals surface area contributed by atoms with E-state index in [4.69, 9.17) is 64.6 Å². The predicted molar refractivity (Wildman–Crippen MR) is 490 cm³/mol. The fraction of sp³-hybridized carbons (Fsp3) is 0.469. The minimum atomic E-state index is -1.17. The van der Waals surface area contributed by atoms with Crippen LogP contribution in [-0.4, -0.2) is 235 Å². The van der Waals surface area contributed by atoms with Gasteiger partial charge < -0.3 is 116 Å². The van der Waals surface area contributed by atoms with E-state index in [0.717, 1.165) is 12.8 Å². The number of aromatic hydroxyl groups is 4. The first-order chi connectivity index (χ1) is 64.2. The number of ketones is 4. The molecule has 0 radical (unpaired) electrons. The number of nitrogens with one attached hydrogen (secondary N) is 8. The third kappa shape index (κ3) is 35.1. The molecule has 6 amide bonds. The molecule has 38 heteroatoms. The Bertz CT molecular complexity index is 4710. The van der Waals surface area contributed by atoms with Gasteiger partial charge in [0.05, 0.1) is 89.4 Å². The first kappa shape index (κ1) is 108. The number of quaternary nitrogens is 1.